The fourth-order valence-electron chi connectivity index (χ4n) is 2.64. The number of unbranched alkanes of at least 4 members (excludes halogenated alkanes) is 1. The lowest BCUT2D eigenvalue weighted by molar-refractivity contribution is -0.122. The molecule has 3 heteroatoms. The fourth-order valence-corrected chi connectivity index (χ4v) is 2.64. The molecule has 0 aromatic heterocycles. The molecule has 0 aliphatic carbocycles. The standard InChI is InChI=1S/C16H24N2O/c1-3-4-11-17-16(19)13(2)18-12-7-9-14-8-5-6-10-15(14)18/h5-6,8,10,13H,3-4,7,9,11-12H2,1-2H3,(H,17,19). The van der Waals surface area contributed by atoms with Crippen molar-refractivity contribution in [1.82, 2.24) is 5.32 Å². The van der Waals surface area contributed by atoms with Gasteiger partial charge in [-0.05, 0) is 37.8 Å². The van der Waals surface area contributed by atoms with Crippen LogP contribution in [0, 0.1) is 0 Å². The highest BCUT2D eigenvalue weighted by molar-refractivity contribution is 5.85. The second-order valence-corrected chi connectivity index (χ2v) is 5.25. The van der Waals surface area contributed by atoms with Crippen molar-refractivity contribution in [3.8, 4) is 0 Å². The first kappa shape index (κ1) is 13.9. The molecule has 0 fully saturated rings. The molecule has 0 radical (unpaired) electrons. The van der Waals surface area contributed by atoms with E-state index in [1.807, 2.05) is 6.92 Å². The smallest absolute Gasteiger partial charge is 0.242 e. The highest BCUT2D eigenvalue weighted by atomic mass is 16.2. The van der Waals surface area contributed by atoms with E-state index < -0.39 is 0 Å². The molecule has 1 atom stereocenters. The van der Waals surface area contributed by atoms with Gasteiger partial charge in [-0.3, -0.25) is 4.79 Å². The number of nitrogens with one attached hydrogen (secondary N) is 1. The SMILES string of the molecule is CCCCNC(=O)C(C)N1CCCc2ccccc21. The van der Waals surface area contributed by atoms with Crippen LogP contribution in [-0.4, -0.2) is 25.0 Å². The quantitative estimate of drug-likeness (QED) is 0.826. The van der Waals surface area contributed by atoms with Crippen molar-refractivity contribution in [2.45, 2.75) is 45.6 Å². The van der Waals surface area contributed by atoms with Crippen LogP contribution in [-0.2, 0) is 11.2 Å². The van der Waals surface area contributed by atoms with E-state index in [2.05, 4.69) is 41.4 Å². The Labute approximate surface area is 116 Å². The van der Waals surface area contributed by atoms with Gasteiger partial charge in [-0.15, -0.1) is 0 Å². The van der Waals surface area contributed by atoms with Gasteiger partial charge in [0.1, 0.15) is 6.04 Å². The van der Waals surface area contributed by atoms with Crippen molar-refractivity contribution in [3.63, 3.8) is 0 Å². The third-order valence-electron chi connectivity index (χ3n) is 3.82. The van der Waals surface area contributed by atoms with Gasteiger partial charge in [-0.2, -0.15) is 0 Å². The monoisotopic (exact) mass is 260 g/mol. The lowest BCUT2D eigenvalue weighted by Crippen LogP contribution is -2.47. The van der Waals surface area contributed by atoms with Gasteiger partial charge < -0.3 is 10.2 Å². The van der Waals surface area contributed by atoms with Crippen molar-refractivity contribution in [3.05, 3.63) is 29.8 Å². The van der Waals surface area contributed by atoms with Crippen LogP contribution in [0.2, 0.25) is 0 Å². The highest BCUT2D eigenvalue weighted by Crippen LogP contribution is 2.28. The number of benzene rings is 1. The Hall–Kier alpha value is -1.51. The summed E-state index contributed by atoms with van der Waals surface area (Å²) in [5.41, 5.74) is 2.59. The zero-order valence-electron chi connectivity index (χ0n) is 12.0. The number of anilines is 1. The summed E-state index contributed by atoms with van der Waals surface area (Å²) < 4.78 is 0. The minimum atomic E-state index is -0.0849. The summed E-state index contributed by atoms with van der Waals surface area (Å²) in [6.45, 7) is 5.90. The van der Waals surface area contributed by atoms with E-state index in [9.17, 15) is 4.79 Å². The molecule has 1 aromatic rings. The zero-order valence-corrected chi connectivity index (χ0v) is 12.0. The summed E-state index contributed by atoms with van der Waals surface area (Å²) in [4.78, 5) is 14.4. The number of hydrogen-bond donors (Lipinski definition) is 1. The molecule has 0 bridgehead atoms. The van der Waals surface area contributed by atoms with E-state index in [4.69, 9.17) is 0 Å². The molecule has 1 N–H and O–H groups in total. The molecular weight excluding hydrogens is 236 g/mol. The highest BCUT2D eigenvalue weighted by Gasteiger charge is 2.25. The number of aryl methyl sites for hydroxylation is 1. The molecule has 0 saturated carbocycles. The molecule has 1 aliphatic heterocycles. The predicted molar refractivity (Wildman–Crippen MR) is 79.5 cm³/mol. The molecule has 1 aromatic carbocycles. The van der Waals surface area contributed by atoms with Crippen LogP contribution in [0.4, 0.5) is 5.69 Å². The third kappa shape index (κ3) is 3.28. The number of carbonyl (C=O) groups excluding carboxylic acids is 1. The molecule has 1 heterocycles. The van der Waals surface area contributed by atoms with Crippen molar-refractivity contribution in [2.75, 3.05) is 18.0 Å². The van der Waals surface area contributed by atoms with Gasteiger partial charge >= 0.3 is 0 Å². The van der Waals surface area contributed by atoms with Gasteiger partial charge in [-0.1, -0.05) is 31.5 Å². The van der Waals surface area contributed by atoms with E-state index in [-0.39, 0.29) is 11.9 Å². The Balaban J connectivity index is 2.04. The van der Waals surface area contributed by atoms with E-state index in [0.717, 1.165) is 38.8 Å². The van der Waals surface area contributed by atoms with Crippen LogP contribution in [0.15, 0.2) is 24.3 Å². The second-order valence-electron chi connectivity index (χ2n) is 5.25. The first-order valence-electron chi connectivity index (χ1n) is 7.36. The van der Waals surface area contributed by atoms with Gasteiger partial charge in [0.05, 0.1) is 0 Å². The lowest BCUT2D eigenvalue weighted by Gasteiger charge is -2.35. The third-order valence-corrected chi connectivity index (χ3v) is 3.82. The Morgan fingerprint density at radius 3 is 3.00 bits per heavy atom. The van der Waals surface area contributed by atoms with Crippen LogP contribution in [0.5, 0.6) is 0 Å². The maximum atomic E-state index is 12.2. The summed E-state index contributed by atoms with van der Waals surface area (Å²) in [7, 11) is 0. The number of amides is 1. The number of fused-ring (bicyclic) bond motifs is 1. The molecule has 1 amide bonds. The predicted octanol–water partition coefficient (Wildman–Crippen LogP) is 2.74. The Morgan fingerprint density at radius 2 is 2.21 bits per heavy atom. The van der Waals surface area contributed by atoms with Gasteiger partial charge in [0.15, 0.2) is 0 Å². The Kier molecular flexibility index (Phi) is 4.83. The number of carbonyl (C=O) groups is 1. The van der Waals surface area contributed by atoms with Crippen molar-refractivity contribution >= 4 is 11.6 Å². The summed E-state index contributed by atoms with van der Waals surface area (Å²) in [5, 5.41) is 3.03. The summed E-state index contributed by atoms with van der Waals surface area (Å²) in [6.07, 6.45) is 4.41. The summed E-state index contributed by atoms with van der Waals surface area (Å²) in [5.74, 6) is 0.144. The Bertz CT molecular complexity index is 431. The molecule has 0 saturated heterocycles. The fraction of sp³-hybridized carbons (Fsp3) is 0.562. The summed E-state index contributed by atoms with van der Waals surface area (Å²) >= 11 is 0. The van der Waals surface area contributed by atoms with Crippen molar-refractivity contribution in [2.24, 2.45) is 0 Å². The van der Waals surface area contributed by atoms with Crippen LogP contribution in [0.1, 0.15) is 38.7 Å². The van der Waals surface area contributed by atoms with E-state index >= 15 is 0 Å². The molecule has 19 heavy (non-hydrogen) atoms. The molecule has 1 aliphatic rings. The second kappa shape index (κ2) is 6.60. The molecular formula is C16H24N2O. The molecule has 3 nitrogen and oxygen atoms in total. The molecule has 2 rings (SSSR count). The van der Waals surface area contributed by atoms with Gasteiger partial charge in [0.2, 0.25) is 5.91 Å². The first-order chi connectivity index (χ1) is 9.24. The minimum absolute atomic E-state index is 0.0849. The number of hydrogen-bond acceptors (Lipinski definition) is 2. The number of nitrogens with zero attached hydrogens (tertiary/aromatic N) is 1. The first-order valence-corrected chi connectivity index (χ1v) is 7.36. The van der Waals surface area contributed by atoms with Gasteiger partial charge in [0.25, 0.3) is 0 Å². The Morgan fingerprint density at radius 1 is 1.42 bits per heavy atom. The lowest BCUT2D eigenvalue weighted by atomic mass is 10.00. The van der Waals surface area contributed by atoms with E-state index in [0.29, 0.717) is 0 Å². The van der Waals surface area contributed by atoms with Crippen LogP contribution in [0.3, 0.4) is 0 Å². The molecule has 104 valence electrons. The van der Waals surface area contributed by atoms with Crippen LogP contribution in [0.25, 0.3) is 0 Å². The van der Waals surface area contributed by atoms with E-state index in [1.54, 1.807) is 0 Å². The largest absolute Gasteiger partial charge is 0.360 e. The van der Waals surface area contributed by atoms with Gasteiger partial charge in [0, 0.05) is 18.8 Å². The average molecular weight is 260 g/mol. The molecule has 1 unspecified atom stereocenters. The van der Waals surface area contributed by atoms with Crippen LogP contribution >= 0.6 is 0 Å². The van der Waals surface area contributed by atoms with Crippen LogP contribution < -0.4 is 10.2 Å². The number of rotatable bonds is 5. The molecule has 0 spiro atoms. The van der Waals surface area contributed by atoms with Gasteiger partial charge in [-0.25, -0.2) is 0 Å². The maximum Gasteiger partial charge on any atom is 0.242 e. The summed E-state index contributed by atoms with van der Waals surface area (Å²) in [6, 6.07) is 8.35. The topological polar surface area (TPSA) is 32.3 Å². The van der Waals surface area contributed by atoms with Crippen molar-refractivity contribution < 1.29 is 4.79 Å². The number of para-hydroxylation sites is 1. The normalized spacial score (nSPS) is 15.8. The van der Waals surface area contributed by atoms with E-state index in [1.165, 1.54) is 11.3 Å². The van der Waals surface area contributed by atoms with Crippen molar-refractivity contribution in [1.29, 1.82) is 0 Å². The zero-order chi connectivity index (χ0) is 13.7. The maximum absolute atomic E-state index is 12.2. The average Bonchev–Trinajstić information content (AvgIpc) is 2.46. The minimum Gasteiger partial charge on any atom is -0.360 e.